The quantitative estimate of drug-likeness (QED) is 0.595. The van der Waals surface area contributed by atoms with Crippen LogP contribution in [0, 0.1) is 12.7 Å². The van der Waals surface area contributed by atoms with Gasteiger partial charge in [-0.1, -0.05) is 11.6 Å². The Labute approximate surface area is 126 Å². The number of aromatic nitrogens is 2. The second kappa shape index (κ2) is 5.46. The topological polar surface area (TPSA) is 75.9 Å². The Morgan fingerprint density at radius 3 is 2.62 bits per heavy atom. The van der Waals surface area contributed by atoms with Crippen LogP contribution in [0.5, 0.6) is 0 Å². The molecule has 0 aliphatic heterocycles. The lowest BCUT2D eigenvalue weighted by Gasteiger charge is -2.14. The van der Waals surface area contributed by atoms with E-state index in [-0.39, 0.29) is 5.82 Å². The van der Waals surface area contributed by atoms with E-state index in [0.29, 0.717) is 28.3 Å². The van der Waals surface area contributed by atoms with Crippen LogP contribution in [-0.4, -0.2) is 9.97 Å². The van der Waals surface area contributed by atoms with Crippen molar-refractivity contribution in [1.29, 1.82) is 0 Å². The molecule has 0 unspecified atom stereocenters. The van der Waals surface area contributed by atoms with Gasteiger partial charge in [0.15, 0.2) is 0 Å². The molecule has 21 heavy (non-hydrogen) atoms. The molecule has 5 nitrogen and oxygen atoms in total. The van der Waals surface area contributed by atoms with Gasteiger partial charge in [0.05, 0.1) is 10.7 Å². The van der Waals surface area contributed by atoms with Gasteiger partial charge in [-0.2, -0.15) is 0 Å². The molecule has 1 aromatic carbocycles. The molecule has 1 aliphatic rings. The van der Waals surface area contributed by atoms with Crippen LogP contribution in [-0.2, 0) is 0 Å². The Bertz CT molecular complexity index is 687. The van der Waals surface area contributed by atoms with Crippen molar-refractivity contribution >= 4 is 28.9 Å². The van der Waals surface area contributed by atoms with E-state index >= 15 is 0 Å². The van der Waals surface area contributed by atoms with Gasteiger partial charge in [0.25, 0.3) is 0 Å². The summed E-state index contributed by atoms with van der Waals surface area (Å²) >= 11 is 6.03. The zero-order valence-corrected chi connectivity index (χ0v) is 12.2. The number of anilines is 3. The summed E-state index contributed by atoms with van der Waals surface area (Å²) in [4.78, 5) is 8.94. The summed E-state index contributed by atoms with van der Waals surface area (Å²) in [5, 5.41) is 3.41. The molecule has 1 fully saturated rings. The summed E-state index contributed by atoms with van der Waals surface area (Å²) in [6.45, 7) is 1.85. The van der Waals surface area contributed by atoms with Gasteiger partial charge >= 0.3 is 0 Å². The van der Waals surface area contributed by atoms with Gasteiger partial charge in [-0.05, 0) is 38.0 Å². The second-order valence-electron chi connectivity index (χ2n) is 5.07. The second-order valence-corrected chi connectivity index (χ2v) is 5.48. The number of hydrogen-bond donors (Lipinski definition) is 3. The number of rotatable bonds is 4. The van der Waals surface area contributed by atoms with Crippen LogP contribution in [0.4, 0.5) is 21.7 Å². The average Bonchev–Trinajstić information content (AvgIpc) is 3.28. The molecule has 4 N–H and O–H groups in total. The lowest BCUT2D eigenvalue weighted by Crippen LogP contribution is -2.14. The molecule has 1 aliphatic carbocycles. The highest BCUT2D eigenvalue weighted by molar-refractivity contribution is 6.33. The number of halogens is 2. The maximum Gasteiger partial charge on any atom is 0.148 e. The molecule has 2 aromatic rings. The van der Waals surface area contributed by atoms with Gasteiger partial charge in [0, 0.05) is 11.5 Å². The number of nitrogen functional groups attached to an aromatic ring is 1. The van der Waals surface area contributed by atoms with E-state index in [9.17, 15) is 4.39 Å². The van der Waals surface area contributed by atoms with Crippen LogP contribution in [0.3, 0.4) is 0 Å². The first-order chi connectivity index (χ1) is 10.1. The van der Waals surface area contributed by atoms with Crippen molar-refractivity contribution in [2.24, 2.45) is 5.84 Å². The van der Waals surface area contributed by atoms with Crippen LogP contribution in [0.1, 0.15) is 30.1 Å². The van der Waals surface area contributed by atoms with Crippen molar-refractivity contribution in [1.82, 2.24) is 9.97 Å². The fraction of sp³-hybridized carbons (Fsp3) is 0.286. The zero-order valence-electron chi connectivity index (χ0n) is 11.5. The van der Waals surface area contributed by atoms with E-state index in [2.05, 4.69) is 20.7 Å². The van der Waals surface area contributed by atoms with Crippen LogP contribution in [0.2, 0.25) is 5.02 Å². The van der Waals surface area contributed by atoms with Gasteiger partial charge in [-0.3, -0.25) is 0 Å². The normalized spacial score (nSPS) is 14.1. The van der Waals surface area contributed by atoms with E-state index in [1.54, 1.807) is 6.07 Å². The number of hydrogen-bond acceptors (Lipinski definition) is 5. The highest BCUT2D eigenvalue weighted by Gasteiger charge is 2.28. The first-order valence-corrected chi connectivity index (χ1v) is 7.03. The molecule has 110 valence electrons. The van der Waals surface area contributed by atoms with Gasteiger partial charge in [-0.15, -0.1) is 0 Å². The molecule has 0 spiro atoms. The molecule has 7 heteroatoms. The molecule has 0 bridgehead atoms. The molecule has 1 saturated carbocycles. The number of nitrogens with two attached hydrogens (primary N) is 1. The molecule has 0 amide bonds. The summed E-state index contributed by atoms with van der Waals surface area (Å²) in [6, 6.07) is 4.17. The van der Waals surface area contributed by atoms with E-state index in [1.165, 1.54) is 12.1 Å². The number of nitrogens with zero attached hydrogens (tertiary/aromatic N) is 2. The van der Waals surface area contributed by atoms with Crippen LogP contribution < -0.4 is 16.6 Å². The smallest absolute Gasteiger partial charge is 0.148 e. The van der Waals surface area contributed by atoms with Gasteiger partial charge in [-0.25, -0.2) is 20.2 Å². The minimum atomic E-state index is -0.382. The molecular weight excluding hydrogens is 293 g/mol. The fourth-order valence-corrected chi connectivity index (χ4v) is 2.25. The summed E-state index contributed by atoms with van der Waals surface area (Å²) < 4.78 is 13.1. The third-order valence-corrected chi connectivity index (χ3v) is 3.74. The minimum absolute atomic E-state index is 0.295. The monoisotopic (exact) mass is 307 g/mol. The van der Waals surface area contributed by atoms with Gasteiger partial charge < -0.3 is 10.7 Å². The van der Waals surface area contributed by atoms with E-state index in [0.717, 1.165) is 24.2 Å². The van der Waals surface area contributed by atoms with Crippen LogP contribution >= 0.6 is 11.6 Å². The highest BCUT2D eigenvalue weighted by atomic mass is 35.5. The predicted octanol–water partition coefficient (Wildman–Crippen LogP) is 3.48. The van der Waals surface area contributed by atoms with Crippen molar-refractivity contribution in [3.05, 3.63) is 40.4 Å². The number of hydrazine groups is 1. The summed E-state index contributed by atoms with van der Waals surface area (Å²) in [5.74, 6) is 7.47. The Hall–Kier alpha value is -1.92. The number of nitrogens with one attached hydrogen (secondary N) is 2. The molecule has 0 saturated heterocycles. The lowest BCUT2D eigenvalue weighted by atomic mass is 10.2. The van der Waals surface area contributed by atoms with Crippen molar-refractivity contribution < 1.29 is 4.39 Å². The zero-order chi connectivity index (χ0) is 15.0. The lowest BCUT2D eigenvalue weighted by molar-refractivity contribution is 0.628. The highest BCUT2D eigenvalue weighted by Crippen LogP contribution is 2.40. The van der Waals surface area contributed by atoms with Crippen LogP contribution in [0.25, 0.3) is 0 Å². The first kappa shape index (κ1) is 14.0. The average molecular weight is 308 g/mol. The summed E-state index contributed by atoms with van der Waals surface area (Å²) in [7, 11) is 0. The Kier molecular flexibility index (Phi) is 3.65. The van der Waals surface area contributed by atoms with Crippen molar-refractivity contribution in [3.63, 3.8) is 0 Å². The van der Waals surface area contributed by atoms with Crippen molar-refractivity contribution in [2.45, 2.75) is 25.7 Å². The maximum absolute atomic E-state index is 13.1. The minimum Gasteiger partial charge on any atom is -0.339 e. The third kappa shape index (κ3) is 2.91. The largest absolute Gasteiger partial charge is 0.339 e. The van der Waals surface area contributed by atoms with E-state index in [4.69, 9.17) is 17.4 Å². The number of benzene rings is 1. The van der Waals surface area contributed by atoms with Gasteiger partial charge in [0.2, 0.25) is 0 Å². The van der Waals surface area contributed by atoms with E-state index < -0.39 is 0 Å². The fourth-order valence-electron chi connectivity index (χ4n) is 2.04. The molecular formula is C14H15ClFN5. The van der Waals surface area contributed by atoms with Crippen molar-refractivity contribution in [2.75, 3.05) is 10.7 Å². The predicted molar refractivity (Wildman–Crippen MR) is 81.2 cm³/mol. The molecule has 1 heterocycles. The summed E-state index contributed by atoms with van der Waals surface area (Å²) in [5.41, 5.74) is 3.95. The molecule has 0 radical (unpaired) electrons. The Morgan fingerprint density at radius 1 is 1.29 bits per heavy atom. The van der Waals surface area contributed by atoms with E-state index in [1.807, 2.05) is 6.92 Å². The molecule has 3 rings (SSSR count). The van der Waals surface area contributed by atoms with Crippen molar-refractivity contribution in [3.8, 4) is 0 Å². The SMILES string of the molecule is Cc1c(NN)nc(C2CC2)nc1Nc1ccc(F)cc1Cl. The van der Waals surface area contributed by atoms with Crippen LogP contribution in [0.15, 0.2) is 18.2 Å². The summed E-state index contributed by atoms with van der Waals surface area (Å²) in [6.07, 6.45) is 2.17. The van der Waals surface area contributed by atoms with Gasteiger partial charge in [0.1, 0.15) is 23.3 Å². The molecule has 0 atom stereocenters. The maximum atomic E-state index is 13.1. The Morgan fingerprint density at radius 2 is 2.00 bits per heavy atom. The third-order valence-electron chi connectivity index (χ3n) is 3.43. The standard InChI is InChI=1S/C14H15ClFN5/c1-7-12(18-11-5-4-9(16)6-10(11)15)19-14(8-2-3-8)20-13(7)21-17/h4-6,8H,2-3,17H2,1H3,(H2,18,19,20,21). The molecule has 1 aromatic heterocycles. The first-order valence-electron chi connectivity index (χ1n) is 6.65. The Balaban J connectivity index is 1.98.